The van der Waals surface area contributed by atoms with Crippen LogP contribution in [0.25, 0.3) is 0 Å². The molecule has 7 heteroatoms. The van der Waals surface area contributed by atoms with Crippen LogP contribution in [0.15, 0.2) is 23.2 Å². The highest BCUT2D eigenvalue weighted by atomic mass is 16.5. The van der Waals surface area contributed by atoms with Crippen molar-refractivity contribution in [1.29, 1.82) is 0 Å². The number of phenols is 1. The van der Waals surface area contributed by atoms with Gasteiger partial charge in [-0.1, -0.05) is 6.07 Å². The van der Waals surface area contributed by atoms with Gasteiger partial charge < -0.3 is 19.9 Å². The van der Waals surface area contributed by atoms with E-state index in [1.807, 2.05) is 0 Å². The van der Waals surface area contributed by atoms with E-state index in [4.69, 9.17) is 9.47 Å². The smallest absolute Gasteiger partial charge is 0.341 e. The van der Waals surface area contributed by atoms with Crippen LogP contribution < -0.4 is 10.1 Å². The summed E-state index contributed by atoms with van der Waals surface area (Å²) in [6.45, 7) is 3.57. The van der Waals surface area contributed by atoms with Crippen molar-refractivity contribution in [2.75, 3.05) is 13.7 Å². The van der Waals surface area contributed by atoms with E-state index >= 15 is 0 Å². The predicted molar refractivity (Wildman–Crippen MR) is 79.2 cm³/mol. The molecule has 118 valence electrons. The Morgan fingerprint density at radius 3 is 2.82 bits per heavy atom. The van der Waals surface area contributed by atoms with Crippen molar-refractivity contribution in [3.8, 4) is 11.5 Å². The molecule has 22 heavy (non-hydrogen) atoms. The van der Waals surface area contributed by atoms with Gasteiger partial charge in [-0.2, -0.15) is 0 Å². The van der Waals surface area contributed by atoms with Gasteiger partial charge in [0.25, 0.3) is 0 Å². The fourth-order valence-corrected chi connectivity index (χ4v) is 2.42. The first-order valence-corrected chi connectivity index (χ1v) is 6.87. The molecule has 2 amide bonds. The zero-order valence-corrected chi connectivity index (χ0v) is 12.6. The normalized spacial score (nSPS) is 20.9. The minimum absolute atomic E-state index is 0.0218. The number of carbonyl (C=O) groups is 2. The zero-order valence-electron chi connectivity index (χ0n) is 12.6. The topological polar surface area (TPSA) is 97.2 Å². The number of benzene rings is 1. The first kappa shape index (κ1) is 15.8. The van der Waals surface area contributed by atoms with E-state index in [-0.39, 0.29) is 18.1 Å². The molecule has 0 saturated heterocycles. The number of ether oxygens (including phenoxy) is 2. The van der Waals surface area contributed by atoms with Gasteiger partial charge in [-0.25, -0.2) is 9.79 Å². The lowest BCUT2D eigenvalue weighted by molar-refractivity contribution is -0.146. The number of rotatable bonds is 4. The summed E-state index contributed by atoms with van der Waals surface area (Å²) in [7, 11) is 1.42. The van der Waals surface area contributed by atoms with Crippen LogP contribution in [0.2, 0.25) is 0 Å². The number of urea groups is 1. The number of hydrogen-bond acceptors (Lipinski definition) is 5. The Bertz CT molecular complexity index is 626. The van der Waals surface area contributed by atoms with Crippen LogP contribution in [0.4, 0.5) is 4.79 Å². The van der Waals surface area contributed by atoms with E-state index in [0.29, 0.717) is 11.3 Å². The van der Waals surface area contributed by atoms with Gasteiger partial charge in [-0.15, -0.1) is 0 Å². The minimum Gasteiger partial charge on any atom is -0.504 e. The van der Waals surface area contributed by atoms with Gasteiger partial charge in [0, 0.05) is 5.71 Å². The molecule has 2 N–H and O–H groups in total. The number of hydrogen-bond donors (Lipinski definition) is 2. The van der Waals surface area contributed by atoms with Crippen LogP contribution in [0, 0.1) is 5.92 Å². The molecular weight excluding hydrogens is 288 g/mol. The van der Waals surface area contributed by atoms with Gasteiger partial charge in [-0.05, 0) is 31.5 Å². The molecule has 1 aromatic carbocycles. The van der Waals surface area contributed by atoms with Gasteiger partial charge in [0.2, 0.25) is 0 Å². The van der Waals surface area contributed by atoms with Crippen molar-refractivity contribution in [2.24, 2.45) is 10.9 Å². The maximum Gasteiger partial charge on any atom is 0.341 e. The Morgan fingerprint density at radius 1 is 1.45 bits per heavy atom. The highest BCUT2D eigenvalue weighted by molar-refractivity contribution is 6.08. The first-order chi connectivity index (χ1) is 10.5. The van der Waals surface area contributed by atoms with Crippen molar-refractivity contribution in [3.05, 3.63) is 23.8 Å². The van der Waals surface area contributed by atoms with E-state index < -0.39 is 24.0 Å². The van der Waals surface area contributed by atoms with Gasteiger partial charge in [0.05, 0.1) is 19.8 Å². The number of nitrogens with one attached hydrogen (secondary N) is 1. The van der Waals surface area contributed by atoms with Crippen molar-refractivity contribution >= 4 is 17.7 Å². The molecule has 0 spiro atoms. The molecule has 1 aromatic rings. The first-order valence-electron chi connectivity index (χ1n) is 6.87. The molecule has 1 aliphatic rings. The second-order valence-electron chi connectivity index (χ2n) is 4.84. The molecule has 1 aliphatic heterocycles. The molecule has 2 unspecified atom stereocenters. The highest BCUT2D eigenvalue weighted by Crippen LogP contribution is 2.33. The second-order valence-corrected chi connectivity index (χ2v) is 4.84. The number of amides is 2. The number of carbonyl (C=O) groups excluding carboxylic acids is 2. The Morgan fingerprint density at radius 2 is 2.18 bits per heavy atom. The van der Waals surface area contributed by atoms with Crippen LogP contribution in [0.3, 0.4) is 0 Å². The van der Waals surface area contributed by atoms with Crippen LogP contribution in [-0.2, 0) is 9.53 Å². The zero-order chi connectivity index (χ0) is 16.3. The monoisotopic (exact) mass is 306 g/mol. The molecule has 0 radical (unpaired) electrons. The fraction of sp³-hybridized carbons (Fsp3) is 0.400. The molecule has 1 heterocycles. The van der Waals surface area contributed by atoms with Crippen LogP contribution >= 0.6 is 0 Å². The van der Waals surface area contributed by atoms with Gasteiger partial charge in [0.15, 0.2) is 11.5 Å². The lowest BCUT2D eigenvalue weighted by Crippen LogP contribution is -2.44. The van der Waals surface area contributed by atoms with Crippen molar-refractivity contribution < 1.29 is 24.2 Å². The summed E-state index contributed by atoms with van der Waals surface area (Å²) in [5.74, 6) is -0.936. The SMILES string of the molecule is CCOC(=O)C1C(C)=NC(=O)NC1c1ccc(O)c(OC)c1. The van der Waals surface area contributed by atoms with Gasteiger partial charge >= 0.3 is 12.0 Å². The van der Waals surface area contributed by atoms with Gasteiger partial charge in [-0.3, -0.25) is 4.79 Å². The molecule has 0 fully saturated rings. The number of aromatic hydroxyl groups is 1. The standard InChI is InChI=1S/C15H18N2O5/c1-4-22-14(19)12-8(2)16-15(20)17-13(12)9-5-6-10(18)11(7-9)21-3/h5-7,12-13,18H,4H2,1-3H3,(H,17,20). The van der Waals surface area contributed by atoms with E-state index in [0.717, 1.165) is 0 Å². The molecule has 0 saturated carbocycles. The Labute approximate surface area is 127 Å². The molecule has 0 aliphatic carbocycles. The van der Waals surface area contributed by atoms with Gasteiger partial charge in [0.1, 0.15) is 5.92 Å². The fourth-order valence-electron chi connectivity index (χ4n) is 2.42. The summed E-state index contributed by atoms with van der Waals surface area (Å²) in [4.78, 5) is 27.6. The summed E-state index contributed by atoms with van der Waals surface area (Å²) in [5.41, 5.74) is 1.01. The number of esters is 1. The lowest BCUT2D eigenvalue weighted by atomic mass is 9.88. The Kier molecular flexibility index (Phi) is 4.65. The molecule has 2 atom stereocenters. The minimum atomic E-state index is -0.716. The highest BCUT2D eigenvalue weighted by Gasteiger charge is 2.38. The maximum atomic E-state index is 12.2. The quantitative estimate of drug-likeness (QED) is 0.827. The lowest BCUT2D eigenvalue weighted by Gasteiger charge is -2.29. The molecule has 7 nitrogen and oxygen atoms in total. The molecule has 2 rings (SSSR count). The second kappa shape index (κ2) is 6.46. The maximum absolute atomic E-state index is 12.2. The number of phenolic OH excluding ortho intramolecular Hbond substituents is 1. The number of nitrogens with zero attached hydrogens (tertiary/aromatic N) is 1. The predicted octanol–water partition coefficient (Wildman–Crippen LogP) is 1.81. The third-order valence-electron chi connectivity index (χ3n) is 3.44. The Hall–Kier alpha value is -2.57. The van der Waals surface area contributed by atoms with E-state index in [1.165, 1.54) is 13.2 Å². The summed E-state index contributed by atoms with van der Waals surface area (Å²) < 4.78 is 10.1. The molecule has 0 bridgehead atoms. The van der Waals surface area contributed by atoms with E-state index in [1.54, 1.807) is 26.0 Å². The number of aliphatic imine (C=N–C) groups is 1. The largest absolute Gasteiger partial charge is 0.504 e. The summed E-state index contributed by atoms with van der Waals surface area (Å²) in [6.07, 6.45) is 0. The van der Waals surface area contributed by atoms with Crippen LogP contribution in [-0.4, -0.2) is 36.5 Å². The van der Waals surface area contributed by atoms with Crippen molar-refractivity contribution in [2.45, 2.75) is 19.9 Å². The average molecular weight is 306 g/mol. The average Bonchev–Trinajstić information content (AvgIpc) is 2.47. The summed E-state index contributed by atoms with van der Waals surface area (Å²) >= 11 is 0. The van der Waals surface area contributed by atoms with Crippen LogP contribution in [0.1, 0.15) is 25.5 Å². The van der Waals surface area contributed by atoms with Crippen molar-refractivity contribution in [3.63, 3.8) is 0 Å². The third-order valence-corrected chi connectivity index (χ3v) is 3.44. The van der Waals surface area contributed by atoms with E-state index in [2.05, 4.69) is 10.3 Å². The Balaban J connectivity index is 2.43. The third kappa shape index (κ3) is 3.03. The summed E-state index contributed by atoms with van der Waals surface area (Å²) in [5, 5.41) is 12.3. The number of methoxy groups -OCH3 is 1. The summed E-state index contributed by atoms with van der Waals surface area (Å²) in [6, 6.07) is 3.50. The van der Waals surface area contributed by atoms with Crippen LogP contribution in [0.5, 0.6) is 11.5 Å². The molecular formula is C15H18N2O5. The molecule has 0 aromatic heterocycles. The van der Waals surface area contributed by atoms with E-state index in [9.17, 15) is 14.7 Å². The van der Waals surface area contributed by atoms with Crippen molar-refractivity contribution in [1.82, 2.24) is 5.32 Å².